The van der Waals surface area contributed by atoms with Gasteiger partial charge in [0.1, 0.15) is 5.15 Å². The van der Waals surface area contributed by atoms with Crippen molar-refractivity contribution in [2.75, 3.05) is 13.7 Å². The number of benzene rings is 1. The molecule has 3 aromatic rings. The number of carbonyl (C=O) groups excluding carboxylic acids is 1. The van der Waals surface area contributed by atoms with Crippen molar-refractivity contribution in [2.45, 2.75) is 26.9 Å². The molecular weight excluding hydrogens is 446 g/mol. The molecule has 6 nitrogen and oxygen atoms in total. The van der Waals surface area contributed by atoms with E-state index in [-0.39, 0.29) is 11.1 Å². The van der Waals surface area contributed by atoms with Crippen molar-refractivity contribution in [3.63, 3.8) is 0 Å². The van der Waals surface area contributed by atoms with Crippen LogP contribution in [0.4, 0.5) is 0 Å². The van der Waals surface area contributed by atoms with E-state index in [4.69, 9.17) is 21.1 Å². The Morgan fingerprint density at radius 2 is 2.07 bits per heavy atom. The number of hydrogen-bond acceptors (Lipinski definition) is 5. The summed E-state index contributed by atoms with van der Waals surface area (Å²) in [5.41, 5.74) is 3.30. The lowest BCUT2D eigenvalue weighted by molar-refractivity contribution is -0.155. The summed E-state index contributed by atoms with van der Waals surface area (Å²) in [4.78, 5) is 16.9. The Hall–Kier alpha value is -1.96. The second-order valence-corrected chi connectivity index (χ2v) is 8.12. The molecule has 0 radical (unpaired) electrons. The second-order valence-electron chi connectivity index (χ2n) is 6.84. The minimum absolute atomic E-state index is 0.246. The number of nitrogens with zero attached hydrogens (tertiary/aromatic N) is 3. The van der Waals surface area contributed by atoms with Crippen LogP contribution < -0.4 is 0 Å². The highest BCUT2D eigenvalue weighted by molar-refractivity contribution is 9.10. The van der Waals surface area contributed by atoms with Crippen molar-refractivity contribution in [3.05, 3.63) is 51.2 Å². The van der Waals surface area contributed by atoms with Gasteiger partial charge in [0, 0.05) is 21.8 Å². The first-order chi connectivity index (χ1) is 13.3. The quantitative estimate of drug-likeness (QED) is 0.377. The van der Waals surface area contributed by atoms with Crippen LogP contribution in [0.15, 0.2) is 34.8 Å². The Morgan fingerprint density at radius 1 is 1.32 bits per heavy atom. The number of ether oxygens (including phenoxy) is 2. The molecule has 1 aromatic carbocycles. The largest absolute Gasteiger partial charge is 0.467 e. The maximum Gasteiger partial charge on any atom is 0.339 e. The van der Waals surface area contributed by atoms with E-state index in [1.54, 1.807) is 6.92 Å². The molecule has 28 heavy (non-hydrogen) atoms. The molecule has 2 aromatic heterocycles. The highest BCUT2D eigenvalue weighted by Crippen LogP contribution is 2.32. The molecule has 0 N–H and O–H groups in total. The van der Waals surface area contributed by atoms with E-state index in [0.29, 0.717) is 23.5 Å². The third-order valence-corrected chi connectivity index (χ3v) is 5.02. The van der Waals surface area contributed by atoms with Crippen LogP contribution >= 0.6 is 27.5 Å². The lowest BCUT2D eigenvalue weighted by Gasteiger charge is -2.20. The summed E-state index contributed by atoms with van der Waals surface area (Å²) in [7, 11) is 1.32. The normalized spacial score (nSPS) is 12.5. The van der Waals surface area contributed by atoms with E-state index in [9.17, 15) is 4.79 Å². The Bertz CT molecular complexity index is 1020. The van der Waals surface area contributed by atoms with E-state index in [1.807, 2.05) is 44.2 Å². The van der Waals surface area contributed by atoms with Gasteiger partial charge in [0.05, 0.1) is 25.0 Å². The van der Waals surface area contributed by atoms with Gasteiger partial charge in [0.25, 0.3) is 0 Å². The van der Waals surface area contributed by atoms with Gasteiger partial charge in [-0.25, -0.2) is 14.3 Å². The molecule has 2 heterocycles. The Morgan fingerprint density at radius 3 is 2.71 bits per heavy atom. The average molecular weight is 467 g/mol. The number of fused-ring (bicyclic) bond motifs is 1. The standard InChI is InChI=1S/C20H21BrClN3O3/c1-11(2)10-28-18(20(26)27-4)17-12(3)23-16-9-15(24-25(16)19(17)22)13-6-5-7-14(21)8-13/h5-9,11,18H,10H2,1-4H3/t18-/m0/s1. The molecule has 3 rings (SSSR count). The van der Waals surface area contributed by atoms with Crippen LogP contribution in [0, 0.1) is 12.8 Å². The molecule has 8 heteroatoms. The fourth-order valence-corrected chi connectivity index (χ4v) is 3.60. The summed E-state index contributed by atoms with van der Waals surface area (Å²) in [6, 6.07) is 9.65. The van der Waals surface area contributed by atoms with Crippen LogP contribution in [0.25, 0.3) is 16.9 Å². The van der Waals surface area contributed by atoms with Gasteiger partial charge in [-0.2, -0.15) is 5.10 Å². The summed E-state index contributed by atoms with van der Waals surface area (Å²) in [6.07, 6.45) is -0.963. The van der Waals surface area contributed by atoms with Gasteiger partial charge in [0.15, 0.2) is 11.8 Å². The fraction of sp³-hybridized carbons (Fsp3) is 0.350. The first-order valence-electron chi connectivity index (χ1n) is 8.83. The summed E-state index contributed by atoms with van der Waals surface area (Å²) in [5.74, 6) is -0.276. The molecule has 0 saturated carbocycles. The smallest absolute Gasteiger partial charge is 0.339 e. The fourth-order valence-electron chi connectivity index (χ4n) is 2.84. The highest BCUT2D eigenvalue weighted by Gasteiger charge is 2.29. The topological polar surface area (TPSA) is 65.7 Å². The zero-order valence-corrected chi connectivity index (χ0v) is 18.4. The number of methoxy groups -OCH3 is 1. The minimum atomic E-state index is -0.963. The SMILES string of the molecule is COC(=O)[C@@H](OCC(C)C)c1c(C)nc2cc(-c3cccc(Br)c3)nn2c1Cl. The number of esters is 1. The number of carbonyl (C=O) groups is 1. The van der Waals surface area contributed by atoms with E-state index in [1.165, 1.54) is 11.6 Å². The second kappa shape index (κ2) is 8.59. The van der Waals surface area contributed by atoms with Crippen LogP contribution in [-0.4, -0.2) is 34.3 Å². The molecule has 0 bridgehead atoms. The molecule has 0 spiro atoms. The first-order valence-corrected chi connectivity index (χ1v) is 10.00. The molecule has 0 fully saturated rings. The monoisotopic (exact) mass is 465 g/mol. The number of aryl methyl sites for hydroxylation is 1. The Kier molecular flexibility index (Phi) is 6.37. The average Bonchev–Trinajstić information content (AvgIpc) is 3.07. The van der Waals surface area contributed by atoms with Gasteiger partial charge in [-0.15, -0.1) is 0 Å². The Balaban J connectivity index is 2.11. The van der Waals surface area contributed by atoms with Gasteiger partial charge in [-0.1, -0.05) is 53.5 Å². The minimum Gasteiger partial charge on any atom is -0.467 e. The van der Waals surface area contributed by atoms with Crippen LogP contribution in [0.5, 0.6) is 0 Å². The van der Waals surface area contributed by atoms with Gasteiger partial charge in [0.2, 0.25) is 0 Å². The lowest BCUT2D eigenvalue weighted by Crippen LogP contribution is -2.22. The molecule has 0 saturated heterocycles. The van der Waals surface area contributed by atoms with Crippen molar-refractivity contribution in [3.8, 4) is 11.3 Å². The van der Waals surface area contributed by atoms with Crippen LogP contribution in [0.3, 0.4) is 0 Å². The zero-order chi connectivity index (χ0) is 20.4. The number of halogens is 2. The van der Waals surface area contributed by atoms with Gasteiger partial charge in [-0.3, -0.25) is 0 Å². The van der Waals surface area contributed by atoms with Crippen LogP contribution in [0.1, 0.15) is 31.2 Å². The van der Waals surface area contributed by atoms with Crippen molar-refractivity contribution >= 4 is 39.1 Å². The van der Waals surface area contributed by atoms with Crippen LogP contribution in [-0.2, 0) is 14.3 Å². The molecular formula is C20H21BrClN3O3. The first kappa shape index (κ1) is 20.8. The molecule has 0 amide bonds. The van der Waals surface area contributed by atoms with Crippen molar-refractivity contribution in [1.82, 2.24) is 14.6 Å². The molecule has 0 unspecified atom stereocenters. The summed E-state index contributed by atoms with van der Waals surface area (Å²) in [6.45, 7) is 6.18. The third kappa shape index (κ3) is 4.21. The van der Waals surface area contributed by atoms with Crippen molar-refractivity contribution < 1.29 is 14.3 Å². The van der Waals surface area contributed by atoms with Gasteiger partial charge in [-0.05, 0) is 25.0 Å². The summed E-state index contributed by atoms with van der Waals surface area (Å²) >= 11 is 10.1. The number of hydrogen-bond donors (Lipinski definition) is 0. The van der Waals surface area contributed by atoms with Crippen molar-refractivity contribution in [2.24, 2.45) is 5.92 Å². The van der Waals surface area contributed by atoms with Crippen molar-refractivity contribution in [1.29, 1.82) is 0 Å². The van der Waals surface area contributed by atoms with E-state index < -0.39 is 12.1 Å². The maximum absolute atomic E-state index is 12.4. The predicted molar refractivity (Wildman–Crippen MR) is 111 cm³/mol. The van der Waals surface area contributed by atoms with E-state index >= 15 is 0 Å². The van der Waals surface area contributed by atoms with Gasteiger partial charge >= 0.3 is 5.97 Å². The molecule has 1 atom stereocenters. The maximum atomic E-state index is 12.4. The predicted octanol–water partition coefficient (Wildman–Crippen LogP) is 5.01. The lowest BCUT2D eigenvalue weighted by atomic mass is 10.1. The zero-order valence-electron chi connectivity index (χ0n) is 16.1. The molecule has 148 valence electrons. The molecule has 0 aliphatic rings. The molecule has 0 aliphatic heterocycles. The van der Waals surface area contributed by atoms with E-state index in [2.05, 4.69) is 26.0 Å². The third-order valence-electron chi connectivity index (χ3n) is 4.16. The van der Waals surface area contributed by atoms with Gasteiger partial charge < -0.3 is 9.47 Å². The van der Waals surface area contributed by atoms with Crippen LogP contribution in [0.2, 0.25) is 5.15 Å². The molecule has 0 aliphatic carbocycles. The Labute approximate surface area is 176 Å². The number of aromatic nitrogens is 3. The summed E-state index contributed by atoms with van der Waals surface area (Å²) in [5, 5.41) is 4.86. The number of rotatable bonds is 6. The van der Waals surface area contributed by atoms with E-state index in [0.717, 1.165) is 15.7 Å². The highest BCUT2D eigenvalue weighted by atomic mass is 79.9. The summed E-state index contributed by atoms with van der Waals surface area (Å²) < 4.78 is 13.2.